The van der Waals surface area contributed by atoms with Gasteiger partial charge in [0.05, 0.1) is 5.56 Å². The summed E-state index contributed by atoms with van der Waals surface area (Å²) in [5.41, 5.74) is 6.70. The first-order valence-electron chi connectivity index (χ1n) is 5.57. The van der Waals surface area contributed by atoms with Crippen LogP contribution in [0.1, 0.15) is 20.7 Å². The Bertz CT molecular complexity index is 624. The Kier molecular flexibility index (Phi) is 3.47. The molecule has 2 rings (SSSR count). The van der Waals surface area contributed by atoms with Crippen molar-refractivity contribution in [3.63, 3.8) is 0 Å². The van der Waals surface area contributed by atoms with E-state index in [-0.39, 0.29) is 17.2 Å². The Balaban J connectivity index is 2.19. The lowest BCUT2D eigenvalue weighted by Crippen LogP contribution is -2.12. The van der Waals surface area contributed by atoms with E-state index >= 15 is 0 Å². The van der Waals surface area contributed by atoms with Crippen molar-refractivity contribution in [2.45, 2.75) is 0 Å². The van der Waals surface area contributed by atoms with Crippen LogP contribution in [0.4, 0.5) is 11.4 Å². The van der Waals surface area contributed by atoms with Crippen molar-refractivity contribution in [3.05, 3.63) is 59.7 Å². The molecule has 0 spiro atoms. The van der Waals surface area contributed by atoms with Gasteiger partial charge in [-0.15, -0.1) is 0 Å². The number of nitrogen functional groups attached to an aromatic ring is 1. The molecule has 0 bridgehead atoms. The number of hydrogen-bond acceptors (Lipinski definition) is 3. The molecule has 0 aliphatic rings. The molecule has 0 atom stereocenters. The molecule has 0 radical (unpaired) electrons. The number of anilines is 2. The van der Waals surface area contributed by atoms with E-state index in [1.807, 2.05) is 6.07 Å². The standard InChI is InChI=1S/C14H12N2O3/c15-12-8-10(6-7-11(12)14(18)19)16-13(17)9-4-2-1-3-5-9/h1-8H,15H2,(H,16,17)(H,18,19). The minimum atomic E-state index is -1.10. The van der Waals surface area contributed by atoms with E-state index in [1.54, 1.807) is 24.3 Å². The molecular weight excluding hydrogens is 244 g/mol. The van der Waals surface area contributed by atoms with Gasteiger partial charge in [0.2, 0.25) is 0 Å². The fraction of sp³-hybridized carbons (Fsp3) is 0. The monoisotopic (exact) mass is 256 g/mol. The minimum absolute atomic E-state index is 0.0118. The van der Waals surface area contributed by atoms with Gasteiger partial charge in [0, 0.05) is 16.9 Å². The summed E-state index contributed by atoms with van der Waals surface area (Å²) in [6.45, 7) is 0. The molecule has 96 valence electrons. The Hall–Kier alpha value is -2.82. The molecule has 1 amide bonds. The van der Waals surface area contributed by atoms with E-state index in [2.05, 4.69) is 5.32 Å². The maximum Gasteiger partial charge on any atom is 0.337 e. The van der Waals surface area contributed by atoms with Crippen molar-refractivity contribution in [2.75, 3.05) is 11.1 Å². The maximum atomic E-state index is 11.9. The highest BCUT2D eigenvalue weighted by molar-refractivity contribution is 6.05. The van der Waals surface area contributed by atoms with Crippen molar-refractivity contribution < 1.29 is 14.7 Å². The average Bonchev–Trinajstić information content (AvgIpc) is 2.39. The molecular formula is C14H12N2O3. The number of carboxylic acids is 1. The zero-order valence-electron chi connectivity index (χ0n) is 9.96. The predicted octanol–water partition coefficient (Wildman–Crippen LogP) is 2.22. The summed E-state index contributed by atoms with van der Waals surface area (Å²) >= 11 is 0. The molecule has 0 aromatic heterocycles. The number of rotatable bonds is 3. The van der Waals surface area contributed by atoms with Crippen LogP contribution in [0.25, 0.3) is 0 Å². The third-order valence-electron chi connectivity index (χ3n) is 2.58. The number of carbonyl (C=O) groups excluding carboxylic acids is 1. The molecule has 4 N–H and O–H groups in total. The molecule has 5 nitrogen and oxygen atoms in total. The molecule has 0 saturated carbocycles. The Morgan fingerprint density at radius 2 is 1.74 bits per heavy atom. The zero-order chi connectivity index (χ0) is 13.8. The van der Waals surface area contributed by atoms with Gasteiger partial charge in [-0.25, -0.2) is 4.79 Å². The maximum absolute atomic E-state index is 11.9. The normalized spacial score (nSPS) is 9.89. The molecule has 0 fully saturated rings. The number of carbonyl (C=O) groups is 2. The molecule has 0 aliphatic carbocycles. The van der Waals surface area contributed by atoms with Crippen LogP contribution in [0.15, 0.2) is 48.5 Å². The van der Waals surface area contributed by atoms with Crippen LogP contribution in [0.3, 0.4) is 0 Å². The molecule has 19 heavy (non-hydrogen) atoms. The van der Waals surface area contributed by atoms with Gasteiger partial charge in [-0.05, 0) is 30.3 Å². The van der Waals surface area contributed by atoms with E-state index in [1.165, 1.54) is 18.2 Å². The lowest BCUT2D eigenvalue weighted by molar-refractivity contribution is 0.0698. The molecule has 0 aliphatic heterocycles. The highest BCUT2D eigenvalue weighted by Gasteiger charge is 2.10. The van der Waals surface area contributed by atoms with Crippen molar-refractivity contribution in [1.29, 1.82) is 0 Å². The largest absolute Gasteiger partial charge is 0.478 e. The van der Waals surface area contributed by atoms with Gasteiger partial charge in [-0.3, -0.25) is 4.79 Å². The van der Waals surface area contributed by atoms with Crippen LogP contribution >= 0.6 is 0 Å². The summed E-state index contributed by atoms with van der Waals surface area (Å²) in [6.07, 6.45) is 0. The van der Waals surface area contributed by atoms with Crippen molar-refractivity contribution in [3.8, 4) is 0 Å². The van der Waals surface area contributed by atoms with Gasteiger partial charge in [-0.1, -0.05) is 18.2 Å². The molecule has 0 saturated heterocycles. The van der Waals surface area contributed by atoms with E-state index in [0.29, 0.717) is 11.3 Å². The van der Waals surface area contributed by atoms with Crippen LogP contribution in [0, 0.1) is 0 Å². The number of carboxylic acid groups (broad SMARTS) is 1. The van der Waals surface area contributed by atoms with Gasteiger partial charge in [0.1, 0.15) is 0 Å². The van der Waals surface area contributed by atoms with E-state index in [9.17, 15) is 9.59 Å². The summed E-state index contributed by atoms with van der Waals surface area (Å²) in [5.74, 6) is -1.37. The number of aromatic carboxylic acids is 1. The van der Waals surface area contributed by atoms with Gasteiger partial charge in [-0.2, -0.15) is 0 Å². The number of benzene rings is 2. The second-order valence-corrected chi connectivity index (χ2v) is 3.93. The van der Waals surface area contributed by atoms with Crippen molar-refractivity contribution in [2.24, 2.45) is 0 Å². The third kappa shape index (κ3) is 2.90. The van der Waals surface area contributed by atoms with Gasteiger partial charge >= 0.3 is 5.97 Å². The number of hydrogen-bond donors (Lipinski definition) is 3. The molecule has 5 heteroatoms. The Labute approximate surface area is 109 Å². The number of amides is 1. The lowest BCUT2D eigenvalue weighted by Gasteiger charge is -2.07. The fourth-order valence-corrected chi connectivity index (χ4v) is 1.63. The van der Waals surface area contributed by atoms with Crippen LogP contribution in [0.5, 0.6) is 0 Å². The Morgan fingerprint density at radius 3 is 2.32 bits per heavy atom. The summed E-state index contributed by atoms with van der Waals surface area (Å²) < 4.78 is 0. The van der Waals surface area contributed by atoms with E-state index in [0.717, 1.165) is 0 Å². The number of nitrogens with two attached hydrogens (primary N) is 1. The van der Waals surface area contributed by atoms with E-state index in [4.69, 9.17) is 10.8 Å². The van der Waals surface area contributed by atoms with Crippen molar-refractivity contribution >= 4 is 23.3 Å². The van der Waals surface area contributed by atoms with Crippen LogP contribution < -0.4 is 11.1 Å². The first-order valence-corrected chi connectivity index (χ1v) is 5.57. The van der Waals surface area contributed by atoms with Crippen LogP contribution in [0.2, 0.25) is 0 Å². The zero-order valence-corrected chi connectivity index (χ0v) is 9.96. The SMILES string of the molecule is Nc1cc(NC(=O)c2ccccc2)ccc1C(=O)O. The van der Waals surface area contributed by atoms with Crippen LogP contribution in [-0.2, 0) is 0 Å². The van der Waals surface area contributed by atoms with Gasteiger partial charge in [0.25, 0.3) is 5.91 Å². The predicted molar refractivity (Wildman–Crippen MR) is 72.2 cm³/mol. The van der Waals surface area contributed by atoms with Gasteiger partial charge in [0.15, 0.2) is 0 Å². The number of nitrogens with one attached hydrogen (secondary N) is 1. The Morgan fingerprint density at radius 1 is 1.05 bits per heavy atom. The van der Waals surface area contributed by atoms with E-state index < -0.39 is 5.97 Å². The van der Waals surface area contributed by atoms with Crippen LogP contribution in [-0.4, -0.2) is 17.0 Å². The van der Waals surface area contributed by atoms with Crippen molar-refractivity contribution in [1.82, 2.24) is 0 Å². The second kappa shape index (κ2) is 5.22. The summed E-state index contributed by atoms with van der Waals surface area (Å²) in [6, 6.07) is 13.0. The molecule has 0 unspecified atom stereocenters. The first kappa shape index (κ1) is 12.6. The quantitative estimate of drug-likeness (QED) is 0.734. The second-order valence-electron chi connectivity index (χ2n) is 3.93. The highest BCUT2D eigenvalue weighted by atomic mass is 16.4. The molecule has 2 aromatic carbocycles. The lowest BCUT2D eigenvalue weighted by atomic mass is 10.1. The summed E-state index contributed by atoms with van der Waals surface area (Å²) in [4.78, 5) is 22.7. The molecule has 0 heterocycles. The minimum Gasteiger partial charge on any atom is -0.478 e. The first-order chi connectivity index (χ1) is 9.08. The van der Waals surface area contributed by atoms with Gasteiger partial charge < -0.3 is 16.2 Å². The fourth-order valence-electron chi connectivity index (χ4n) is 1.63. The summed E-state index contributed by atoms with van der Waals surface area (Å²) in [5, 5.41) is 11.5. The molecule has 2 aromatic rings. The summed E-state index contributed by atoms with van der Waals surface area (Å²) in [7, 11) is 0. The third-order valence-corrected chi connectivity index (χ3v) is 2.58. The topological polar surface area (TPSA) is 92.4 Å². The average molecular weight is 256 g/mol. The smallest absolute Gasteiger partial charge is 0.337 e. The highest BCUT2D eigenvalue weighted by Crippen LogP contribution is 2.18.